The van der Waals surface area contributed by atoms with Gasteiger partial charge in [0.05, 0.1) is 18.2 Å². The Morgan fingerprint density at radius 2 is 1.91 bits per heavy atom. The van der Waals surface area contributed by atoms with E-state index in [1.807, 2.05) is 12.1 Å². The fourth-order valence-electron chi connectivity index (χ4n) is 2.35. The smallest absolute Gasteiger partial charge is 0.175 e. The summed E-state index contributed by atoms with van der Waals surface area (Å²) in [4.78, 5) is 0. The first-order chi connectivity index (χ1) is 11.2. The van der Waals surface area contributed by atoms with E-state index >= 15 is 0 Å². The van der Waals surface area contributed by atoms with Crippen LogP contribution >= 0.6 is 15.9 Å². The summed E-state index contributed by atoms with van der Waals surface area (Å²) >= 11 is 3.59. The second kappa shape index (κ2) is 8.94. The van der Waals surface area contributed by atoms with Crippen LogP contribution in [0.25, 0.3) is 0 Å². The normalized spacial score (nSPS) is 12.0. The lowest BCUT2D eigenvalue weighted by molar-refractivity contribution is 0.292. The largest absolute Gasteiger partial charge is 0.493 e. The van der Waals surface area contributed by atoms with Gasteiger partial charge in [-0.2, -0.15) is 0 Å². The van der Waals surface area contributed by atoms with Gasteiger partial charge in [0.25, 0.3) is 0 Å². The molecule has 1 atom stereocenters. The van der Waals surface area contributed by atoms with Gasteiger partial charge >= 0.3 is 0 Å². The lowest BCUT2D eigenvalue weighted by Gasteiger charge is -2.17. The van der Waals surface area contributed by atoms with Crippen LogP contribution in [0.5, 0.6) is 11.5 Å². The Bertz CT molecular complexity index is 616. The molecular formula is C19H24BrNO2. The summed E-state index contributed by atoms with van der Waals surface area (Å²) in [5.41, 5.74) is 2.43. The van der Waals surface area contributed by atoms with Crippen molar-refractivity contribution in [2.24, 2.45) is 0 Å². The Kier molecular flexibility index (Phi) is 6.93. The lowest BCUT2D eigenvalue weighted by atomic mass is 10.1. The molecule has 0 aliphatic heterocycles. The second-order valence-corrected chi connectivity index (χ2v) is 6.33. The molecule has 0 bridgehead atoms. The van der Waals surface area contributed by atoms with Gasteiger partial charge in [0.15, 0.2) is 11.5 Å². The van der Waals surface area contributed by atoms with E-state index in [1.54, 1.807) is 7.11 Å². The number of methoxy groups -OCH3 is 1. The van der Waals surface area contributed by atoms with Gasteiger partial charge in [0.2, 0.25) is 0 Å². The van der Waals surface area contributed by atoms with Crippen molar-refractivity contribution in [3.63, 3.8) is 0 Å². The highest BCUT2D eigenvalue weighted by Crippen LogP contribution is 2.36. The number of ether oxygens (including phenoxy) is 2. The van der Waals surface area contributed by atoms with Gasteiger partial charge in [-0.3, -0.25) is 0 Å². The summed E-state index contributed by atoms with van der Waals surface area (Å²) in [5, 5.41) is 3.54. The molecule has 124 valence electrons. The quantitative estimate of drug-likeness (QED) is 0.694. The van der Waals surface area contributed by atoms with Crippen LogP contribution in [0.1, 0.15) is 37.4 Å². The maximum atomic E-state index is 5.77. The van der Waals surface area contributed by atoms with E-state index < -0.39 is 0 Å². The minimum absolute atomic E-state index is 0.289. The number of hydrogen-bond acceptors (Lipinski definition) is 3. The molecule has 3 nitrogen and oxygen atoms in total. The van der Waals surface area contributed by atoms with Crippen LogP contribution in [0.4, 0.5) is 0 Å². The summed E-state index contributed by atoms with van der Waals surface area (Å²) in [5.74, 6) is 1.53. The summed E-state index contributed by atoms with van der Waals surface area (Å²) in [6, 6.07) is 14.8. The Morgan fingerprint density at radius 3 is 2.57 bits per heavy atom. The average molecular weight is 378 g/mol. The highest BCUT2D eigenvalue weighted by Gasteiger charge is 2.12. The van der Waals surface area contributed by atoms with Gasteiger partial charge in [-0.1, -0.05) is 37.3 Å². The molecule has 0 aromatic heterocycles. The summed E-state index contributed by atoms with van der Waals surface area (Å²) in [6.07, 6.45) is 0.966. The van der Waals surface area contributed by atoms with Crippen LogP contribution in [0.3, 0.4) is 0 Å². The van der Waals surface area contributed by atoms with Crippen LogP contribution in [-0.2, 0) is 6.54 Å². The molecule has 0 amide bonds. The van der Waals surface area contributed by atoms with Crippen molar-refractivity contribution in [1.29, 1.82) is 0 Å². The Morgan fingerprint density at radius 1 is 1.17 bits per heavy atom. The summed E-state index contributed by atoms with van der Waals surface area (Å²) < 4.78 is 12.2. The van der Waals surface area contributed by atoms with Crippen molar-refractivity contribution in [1.82, 2.24) is 5.32 Å². The number of halogens is 1. The first-order valence-electron chi connectivity index (χ1n) is 7.93. The standard InChI is InChI=1S/C19H24BrNO2/c1-4-10-23-19-17(20)11-15(12-18(19)22-3)13-21-14(2)16-8-6-5-7-9-16/h5-9,11-12,14,21H,4,10,13H2,1-3H3. The molecule has 23 heavy (non-hydrogen) atoms. The van der Waals surface area contributed by atoms with E-state index in [0.717, 1.165) is 34.5 Å². The lowest BCUT2D eigenvalue weighted by Crippen LogP contribution is -2.18. The van der Waals surface area contributed by atoms with Crippen molar-refractivity contribution >= 4 is 15.9 Å². The van der Waals surface area contributed by atoms with Crippen LogP contribution < -0.4 is 14.8 Å². The van der Waals surface area contributed by atoms with Gasteiger partial charge in [-0.05, 0) is 52.5 Å². The first-order valence-corrected chi connectivity index (χ1v) is 8.72. The zero-order valence-corrected chi connectivity index (χ0v) is 15.5. The highest BCUT2D eigenvalue weighted by molar-refractivity contribution is 9.10. The van der Waals surface area contributed by atoms with Crippen LogP contribution in [0.2, 0.25) is 0 Å². The average Bonchev–Trinajstić information content (AvgIpc) is 2.59. The fraction of sp³-hybridized carbons (Fsp3) is 0.368. The third kappa shape index (κ3) is 4.98. The highest BCUT2D eigenvalue weighted by atomic mass is 79.9. The molecular weight excluding hydrogens is 354 g/mol. The summed E-state index contributed by atoms with van der Waals surface area (Å²) in [7, 11) is 1.67. The third-order valence-electron chi connectivity index (χ3n) is 3.65. The minimum Gasteiger partial charge on any atom is -0.493 e. The molecule has 4 heteroatoms. The minimum atomic E-state index is 0.289. The van der Waals surface area contributed by atoms with Gasteiger partial charge < -0.3 is 14.8 Å². The number of benzene rings is 2. The molecule has 2 aromatic carbocycles. The molecule has 0 aliphatic rings. The number of rotatable bonds is 8. The molecule has 1 N–H and O–H groups in total. The van der Waals surface area contributed by atoms with E-state index in [1.165, 1.54) is 5.56 Å². The Balaban J connectivity index is 2.07. The predicted molar refractivity (Wildman–Crippen MR) is 98.2 cm³/mol. The second-order valence-electron chi connectivity index (χ2n) is 5.47. The molecule has 0 spiro atoms. The van der Waals surface area contributed by atoms with E-state index in [0.29, 0.717) is 6.61 Å². The predicted octanol–water partition coefficient (Wildman–Crippen LogP) is 5.10. The molecule has 0 heterocycles. The zero-order valence-electron chi connectivity index (χ0n) is 13.9. The molecule has 1 unspecified atom stereocenters. The molecule has 0 aliphatic carbocycles. The summed E-state index contributed by atoms with van der Waals surface area (Å²) in [6.45, 7) is 5.70. The van der Waals surface area contributed by atoms with E-state index in [-0.39, 0.29) is 6.04 Å². The van der Waals surface area contributed by atoms with Gasteiger partial charge in [-0.25, -0.2) is 0 Å². The fourth-order valence-corrected chi connectivity index (χ4v) is 2.95. The number of hydrogen-bond donors (Lipinski definition) is 1. The van der Waals surface area contributed by atoms with Crippen LogP contribution in [0, 0.1) is 0 Å². The van der Waals surface area contributed by atoms with Gasteiger partial charge in [0.1, 0.15) is 0 Å². The molecule has 0 radical (unpaired) electrons. The van der Waals surface area contributed by atoms with Crippen molar-refractivity contribution in [3.05, 3.63) is 58.1 Å². The van der Waals surface area contributed by atoms with E-state index in [9.17, 15) is 0 Å². The van der Waals surface area contributed by atoms with Crippen molar-refractivity contribution in [2.45, 2.75) is 32.9 Å². The van der Waals surface area contributed by atoms with Crippen LogP contribution in [0.15, 0.2) is 46.9 Å². The Labute approximate surface area is 147 Å². The van der Waals surface area contributed by atoms with Crippen molar-refractivity contribution in [3.8, 4) is 11.5 Å². The van der Waals surface area contributed by atoms with Crippen LogP contribution in [-0.4, -0.2) is 13.7 Å². The van der Waals surface area contributed by atoms with Gasteiger partial charge in [0, 0.05) is 12.6 Å². The molecule has 0 saturated carbocycles. The molecule has 0 fully saturated rings. The van der Waals surface area contributed by atoms with Gasteiger partial charge in [-0.15, -0.1) is 0 Å². The molecule has 2 rings (SSSR count). The third-order valence-corrected chi connectivity index (χ3v) is 4.24. The van der Waals surface area contributed by atoms with Crippen molar-refractivity contribution < 1.29 is 9.47 Å². The van der Waals surface area contributed by atoms with E-state index in [4.69, 9.17) is 9.47 Å². The monoisotopic (exact) mass is 377 g/mol. The Hall–Kier alpha value is -1.52. The SMILES string of the molecule is CCCOc1c(Br)cc(CNC(C)c2ccccc2)cc1OC. The maximum Gasteiger partial charge on any atom is 0.175 e. The van der Waals surface area contributed by atoms with E-state index in [2.05, 4.69) is 65.4 Å². The number of nitrogens with one attached hydrogen (secondary N) is 1. The van der Waals surface area contributed by atoms with Crippen molar-refractivity contribution in [2.75, 3.05) is 13.7 Å². The topological polar surface area (TPSA) is 30.5 Å². The zero-order chi connectivity index (χ0) is 16.7. The molecule has 0 saturated heterocycles. The first kappa shape index (κ1) is 17.8. The molecule has 2 aromatic rings. The maximum absolute atomic E-state index is 5.77.